The van der Waals surface area contributed by atoms with Gasteiger partial charge in [0.2, 0.25) is 5.91 Å². The first-order chi connectivity index (χ1) is 11.8. The van der Waals surface area contributed by atoms with E-state index in [0.717, 1.165) is 11.3 Å². The van der Waals surface area contributed by atoms with Gasteiger partial charge in [-0.15, -0.1) is 23.1 Å². The molecule has 1 aromatic heterocycles. The minimum Gasteiger partial charge on any atom is -0.462 e. The summed E-state index contributed by atoms with van der Waals surface area (Å²) in [5.41, 5.74) is 4.32. The lowest BCUT2D eigenvalue weighted by molar-refractivity contribution is -0.144. The fraction of sp³-hybridized carbons (Fsp3) is 0.389. The highest BCUT2D eigenvalue weighted by molar-refractivity contribution is 8.00. The highest BCUT2D eigenvalue weighted by atomic mass is 32.2. The average molecular weight is 379 g/mol. The van der Waals surface area contributed by atoms with E-state index in [1.165, 1.54) is 34.2 Å². The number of ether oxygens (including phenoxy) is 1. The maximum Gasteiger partial charge on any atom is 0.316 e. The average Bonchev–Trinajstić information content (AvgIpc) is 2.97. The minimum atomic E-state index is -0.306. The van der Waals surface area contributed by atoms with Crippen molar-refractivity contribution in [3.8, 4) is 11.3 Å². The number of esters is 1. The summed E-state index contributed by atoms with van der Waals surface area (Å²) in [6.45, 7) is 7.73. The van der Waals surface area contributed by atoms with Crippen molar-refractivity contribution >= 4 is 40.1 Å². The molecule has 1 amide bonds. The number of amides is 1. The number of hydrogen-bond acceptors (Lipinski definition) is 6. The monoisotopic (exact) mass is 378 g/mol. The molecule has 1 aromatic carbocycles. The van der Waals surface area contributed by atoms with E-state index in [9.17, 15) is 9.59 Å². The molecule has 0 radical (unpaired) electrons. The van der Waals surface area contributed by atoms with Gasteiger partial charge in [-0.3, -0.25) is 9.59 Å². The molecule has 0 aliphatic rings. The number of carbonyl (C=O) groups excluding carboxylic acids is 2. The summed E-state index contributed by atoms with van der Waals surface area (Å²) in [6, 6.07) is 6.18. The number of nitrogens with one attached hydrogen (secondary N) is 1. The Kier molecular flexibility index (Phi) is 7.01. The van der Waals surface area contributed by atoms with Gasteiger partial charge in [0.25, 0.3) is 0 Å². The Hall–Kier alpha value is -1.86. The third-order valence-electron chi connectivity index (χ3n) is 3.37. The van der Waals surface area contributed by atoms with Gasteiger partial charge in [0.1, 0.15) is 0 Å². The second kappa shape index (κ2) is 9.01. The molecule has 0 saturated heterocycles. The van der Waals surface area contributed by atoms with Crippen LogP contribution in [0.2, 0.25) is 0 Å². The van der Waals surface area contributed by atoms with Crippen molar-refractivity contribution in [2.24, 2.45) is 0 Å². The zero-order chi connectivity index (χ0) is 18.4. The summed E-state index contributed by atoms with van der Waals surface area (Å²) in [6.07, 6.45) is -0.138. The SMILES string of the molecule is Cc1ccc(-c2csc(NC(=O)CSCC(=O)OC(C)C)n2)cc1C. The highest BCUT2D eigenvalue weighted by Crippen LogP contribution is 2.26. The fourth-order valence-corrected chi connectivity index (χ4v) is 3.37. The first-order valence-corrected chi connectivity index (χ1v) is 9.99. The predicted octanol–water partition coefficient (Wildman–Crippen LogP) is 4.05. The summed E-state index contributed by atoms with van der Waals surface area (Å²) in [7, 11) is 0. The van der Waals surface area contributed by atoms with E-state index in [-0.39, 0.29) is 29.5 Å². The smallest absolute Gasteiger partial charge is 0.316 e. The normalized spacial score (nSPS) is 10.8. The number of aromatic nitrogens is 1. The third kappa shape index (κ3) is 6.17. The van der Waals surface area contributed by atoms with Gasteiger partial charge in [-0.05, 0) is 44.9 Å². The Bertz CT molecular complexity index is 757. The van der Waals surface area contributed by atoms with Crippen LogP contribution in [0.15, 0.2) is 23.6 Å². The van der Waals surface area contributed by atoms with Crippen LogP contribution in [-0.4, -0.2) is 34.5 Å². The zero-order valence-electron chi connectivity index (χ0n) is 14.8. The summed E-state index contributed by atoms with van der Waals surface area (Å²) >= 11 is 2.61. The highest BCUT2D eigenvalue weighted by Gasteiger charge is 2.11. The molecule has 25 heavy (non-hydrogen) atoms. The molecule has 2 aromatic rings. The van der Waals surface area contributed by atoms with Crippen molar-refractivity contribution in [3.63, 3.8) is 0 Å². The second-order valence-corrected chi connectivity index (χ2v) is 7.76. The lowest BCUT2D eigenvalue weighted by Crippen LogP contribution is -2.17. The van der Waals surface area contributed by atoms with E-state index < -0.39 is 0 Å². The first-order valence-electron chi connectivity index (χ1n) is 7.95. The summed E-state index contributed by atoms with van der Waals surface area (Å²) in [4.78, 5) is 27.8. The molecule has 0 fully saturated rings. The van der Waals surface area contributed by atoms with Gasteiger partial charge < -0.3 is 10.1 Å². The second-order valence-electron chi connectivity index (χ2n) is 5.92. The van der Waals surface area contributed by atoms with Gasteiger partial charge in [0, 0.05) is 10.9 Å². The molecule has 7 heteroatoms. The molecule has 0 aliphatic carbocycles. The Balaban J connectivity index is 1.85. The Labute approximate surface area is 156 Å². The molecular weight excluding hydrogens is 356 g/mol. The number of rotatable bonds is 7. The molecule has 0 aliphatic heterocycles. The molecule has 0 spiro atoms. The van der Waals surface area contributed by atoms with Gasteiger partial charge in [-0.1, -0.05) is 12.1 Å². The zero-order valence-corrected chi connectivity index (χ0v) is 16.4. The van der Waals surface area contributed by atoms with Crippen LogP contribution in [0, 0.1) is 13.8 Å². The number of aryl methyl sites for hydroxylation is 2. The van der Waals surface area contributed by atoms with E-state index in [0.29, 0.717) is 5.13 Å². The number of nitrogens with zero attached hydrogens (tertiary/aromatic N) is 1. The number of benzene rings is 1. The van der Waals surface area contributed by atoms with Crippen LogP contribution in [-0.2, 0) is 14.3 Å². The van der Waals surface area contributed by atoms with Crippen molar-refractivity contribution in [1.29, 1.82) is 0 Å². The van der Waals surface area contributed by atoms with Crippen LogP contribution >= 0.6 is 23.1 Å². The lowest BCUT2D eigenvalue weighted by atomic mass is 10.1. The van der Waals surface area contributed by atoms with Gasteiger partial charge in [0.15, 0.2) is 5.13 Å². The quantitative estimate of drug-likeness (QED) is 0.736. The number of anilines is 1. The molecule has 0 unspecified atom stereocenters. The molecule has 0 bridgehead atoms. The molecule has 5 nitrogen and oxygen atoms in total. The summed E-state index contributed by atoms with van der Waals surface area (Å²) in [5, 5.41) is 5.25. The molecular formula is C18H22N2O3S2. The maximum absolute atomic E-state index is 11.9. The van der Waals surface area contributed by atoms with Gasteiger partial charge in [-0.2, -0.15) is 0 Å². The molecule has 0 saturated carbocycles. The Morgan fingerprint density at radius 3 is 2.68 bits per heavy atom. The first kappa shape index (κ1) is 19.5. The molecule has 1 N–H and O–H groups in total. The van der Waals surface area contributed by atoms with Gasteiger partial charge >= 0.3 is 5.97 Å². The number of thiazole rings is 1. The molecule has 2 rings (SSSR count). The van der Waals surface area contributed by atoms with E-state index >= 15 is 0 Å². The van der Waals surface area contributed by atoms with Gasteiger partial charge in [-0.25, -0.2) is 4.98 Å². The van der Waals surface area contributed by atoms with E-state index in [1.54, 1.807) is 13.8 Å². The van der Waals surface area contributed by atoms with E-state index in [2.05, 4.69) is 36.3 Å². The van der Waals surface area contributed by atoms with Crippen LogP contribution in [0.3, 0.4) is 0 Å². The van der Waals surface area contributed by atoms with Crippen molar-refractivity contribution in [2.75, 3.05) is 16.8 Å². The van der Waals surface area contributed by atoms with E-state index in [1.807, 2.05) is 11.4 Å². The third-order valence-corrected chi connectivity index (χ3v) is 5.04. The largest absolute Gasteiger partial charge is 0.462 e. The number of thioether (sulfide) groups is 1. The molecule has 0 atom stereocenters. The van der Waals surface area contributed by atoms with Crippen molar-refractivity contribution in [1.82, 2.24) is 4.98 Å². The fourth-order valence-electron chi connectivity index (χ4n) is 2.04. The number of hydrogen-bond donors (Lipinski definition) is 1. The van der Waals surface area contributed by atoms with Crippen LogP contribution in [0.1, 0.15) is 25.0 Å². The Morgan fingerprint density at radius 1 is 1.24 bits per heavy atom. The minimum absolute atomic E-state index is 0.138. The topological polar surface area (TPSA) is 68.3 Å². The number of carbonyl (C=O) groups is 2. The summed E-state index contributed by atoms with van der Waals surface area (Å²) < 4.78 is 5.02. The van der Waals surface area contributed by atoms with Crippen molar-refractivity contribution < 1.29 is 14.3 Å². The molecule has 1 heterocycles. The standard InChI is InChI=1S/C18H22N2O3S2/c1-11(2)23-17(22)10-24-9-16(21)20-18-19-15(8-25-18)14-6-5-12(3)13(4)7-14/h5-8,11H,9-10H2,1-4H3,(H,19,20,21). The summed E-state index contributed by atoms with van der Waals surface area (Å²) in [5.74, 6) is -0.134. The van der Waals surface area contributed by atoms with Crippen LogP contribution < -0.4 is 5.32 Å². The Morgan fingerprint density at radius 2 is 2.00 bits per heavy atom. The van der Waals surface area contributed by atoms with Gasteiger partial charge in [0.05, 0.1) is 23.3 Å². The van der Waals surface area contributed by atoms with Crippen LogP contribution in [0.25, 0.3) is 11.3 Å². The van der Waals surface area contributed by atoms with E-state index in [4.69, 9.17) is 4.74 Å². The van der Waals surface area contributed by atoms with Crippen molar-refractivity contribution in [3.05, 3.63) is 34.7 Å². The maximum atomic E-state index is 11.9. The van der Waals surface area contributed by atoms with Crippen molar-refractivity contribution in [2.45, 2.75) is 33.8 Å². The van der Waals surface area contributed by atoms with Crippen LogP contribution in [0.5, 0.6) is 0 Å². The molecule has 134 valence electrons. The van der Waals surface area contributed by atoms with Crippen LogP contribution in [0.4, 0.5) is 5.13 Å². The lowest BCUT2D eigenvalue weighted by Gasteiger charge is -2.07. The predicted molar refractivity (Wildman–Crippen MR) is 104 cm³/mol.